The first-order valence-electron chi connectivity index (χ1n) is 9.64. The standard InChI is InChI=1S/C22H22N2O6/c1-12-8-18-20-13(10-24(18)21(26)16(12)11-30-22(27)28)9-15-14(4-3-7-25)19(29-2)6-5-17(15)23-20/h5-6,8-9,25H,3-4,7,10-11H2,1-2H3,(H,27,28). The zero-order chi connectivity index (χ0) is 21.4. The molecule has 1 aromatic carbocycles. The van der Waals surface area contributed by atoms with Gasteiger partial charge in [-0.25, -0.2) is 9.78 Å². The number of hydrogen-bond donors (Lipinski definition) is 2. The summed E-state index contributed by atoms with van der Waals surface area (Å²) in [7, 11) is 1.61. The van der Waals surface area contributed by atoms with Gasteiger partial charge in [0, 0.05) is 23.1 Å². The number of aryl methyl sites for hydroxylation is 2. The first-order chi connectivity index (χ1) is 14.4. The maximum absolute atomic E-state index is 13.0. The number of nitrogens with zero attached hydrogens (tertiary/aromatic N) is 2. The molecule has 0 spiro atoms. The molecule has 1 aliphatic rings. The Morgan fingerprint density at radius 3 is 2.77 bits per heavy atom. The van der Waals surface area contributed by atoms with Crippen LogP contribution < -0.4 is 10.3 Å². The van der Waals surface area contributed by atoms with Crippen molar-refractivity contribution in [3.63, 3.8) is 0 Å². The lowest BCUT2D eigenvalue weighted by Crippen LogP contribution is -2.25. The lowest BCUT2D eigenvalue weighted by atomic mass is 10.00. The minimum atomic E-state index is -1.42. The Balaban J connectivity index is 1.84. The largest absolute Gasteiger partial charge is 0.506 e. The van der Waals surface area contributed by atoms with Gasteiger partial charge in [0.25, 0.3) is 5.56 Å². The molecule has 0 radical (unpaired) electrons. The number of aliphatic hydroxyl groups is 1. The van der Waals surface area contributed by atoms with Crippen LogP contribution in [0.25, 0.3) is 22.3 Å². The fraction of sp³-hybridized carbons (Fsp3) is 0.318. The van der Waals surface area contributed by atoms with Crippen molar-refractivity contribution in [2.24, 2.45) is 0 Å². The van der Waals surface area contributed by atoms with Gasteiger partial charge in [-0.1, -0.05) is 0 Å². The molecule has 2 N–H and O–H groups in total. The van der Waals surface area contributed by atoms with Crippen molar-refractivity contribution in [1.82, 2.24) is 9.55 Å². The van der Waals surface area contributed by atoms with Crippen molar-refractivity contribution in [1.29, 1.82) is 0 Å². The van der Waals surface area contributed by atoms with E-state index in [1.807, 2.05) is 24.3 Å². The highest BCUT2D eigenvalue weighted by molar-refractivity contribution is 5.88. The molecule has 156 valence electrons. The molecule has 8 nitrogen and oxygen atoms in total. The fourth-order valence-electron chi connectivity index (χ4n) is 4.02. The molecule has 0 atom stereocenters. The lowest BCUT2D eigenvalue weighted by Gasteiger charge is -2.13. The lowest BCUT2D eigenvalue weighted by molar-refractivity contribution is 0.0848. The topological polar surface area (TPSA) is 111 Å². The van der Waals surface area contributed by atoms with Crippen molar-refractivity contribution in [3.05, 3.63) is 56.9 Å². The Kier molecular flexibility index (Phi) is 5.17. The third-order valence-electron chi connectivity index (χ3n) is 5.49. The molecule has 0 saturated heterocycles. The SMILES string of the molecule is COc1ccc2nc3c(cc2c1CCCO)Cn1c-3cc(C)c(COC(=O)O)c1=O. The monoisotopic (exact) mass is 410 g/mol. The van der Waals surface area contributed by atoms with Crippen molar-refractivity contribution >= 4 is 17.1 Å². The molecule has 0 bridgehead atoms. The van der Waals surface area contributed by atoms with Crippen molar-refractivity contribution in [2.45, 2.75) is 32.9 Å². The normalized spacial score (nSPS) is 12.0. The van der Waals surface area contributed by atoms with E-state index in [-0.39, 0.29) is 18.8 Å². The van der Waals surface area contributed by atoms with Gasteiger partial charge in [0.1, 0.15) is 12.4 Å². The maximum Gasteiger partial charge on any atom is 0.506 e. The molecule has 8 heteroatoms. The predicted molar refractivity (Wildman–Crippen MR) is 110 cm³/mol. The van der Waals surface area contributed by atoms with Crippen LogP contribution in [0.3, 0.4) is 0 Å². The Labute approximate surface area is 172 Å². The van der Waals surface area contributed by atoms with Crippen LogP contribution >= 0.6 is 0 Å². The van der Waals surface area contributed by atoms with Gasteiger partial charge in [0.05, 0.1) is 36.1 Å². The summed E-state index contributed by atoms with van der Waals surface area (Å²) in [6, 6.07) is 7.64. The maximum atomic E-state index is 13.0. The van der Waals surface area contributed by atoms with Crippen LogP contribution in [0.1, 0.15) is 28.7 Å². The number of benzene rings is 1. The number of aliphatic hydroxyl groups excluding tert-OH is 1. The zero-order valence-corrected chi connectivity index (χ0v) is 16.8. The summed E-state index contributed by atoms with van der Waals surface area (Å²) in [6.07, 6.45) is -0.154. The first kappa shape index (κ1) is 19.9. The van der Waals surface area contributed by atoms with E-state index < -0.39 is 6.16 Å². The summed E-state index contributed by atoms with van der Waals surface area (Å²) in [5.74, 6) is 0.745. The van der Waals surface area contributed by atoms with Crippen molar-refractivity contribution < 1.29 is 24.5 Å². The Morgan fingerprint density at radius 1 is 1.27 bits per heavy atom. The van der Waals surface area contributed by atoms with Gasteiger partial charge in [-0.15, -0.1) is 0 Å². The van der Waals surface area contributed by atoms with Gasteiger partial charge in [-0.2, -0.15) is 0 Å². The van der Waals surface area contributed by atoms with Gasteiger partial charge in [0.2, 0.25) is 0 Å². The molecule has 0 amide bonds. The summed E-state index contributed by atoms with van der Waals surface area (Å²) >= 11 is 0. The van der Waals surface area contributed by atoms with Crippen LogP contribution in [-0.4, -0.2) is 39.6 Å². The van der Waals surface area contributed by atoms with Gasteiger partial charge >= 0.3 is 6.16 Å². The minimum Gasteiger partial charge on any atom is -0.496 e. The second-order valence-corrected chi connectivity index (χ2v) is 7.27. The number of carboxylic acid groups (broad SMARTS) is 1. The number of fused-ring (bicyclic) bond motifs is 4. The molecule has 2 aromatic heterocycles. The van der Waals surface area contributed by atoms with Gasteiger partial charge in [0.15, 0.2) is 0 Å². The summed E-state index contributed by atoms with van der Waals surface area (Å²) in [4.78, 5) is 28.5. The number of pyridine rings is 2. The smallest absolute Gasteiger partial charge is 0.496 e. The van der Waals surface area contributed by atoms with Gasteiger partial charge < -0.3 is 24.3 Å². The molecule has 30 heavy (non-hydrogen) atoms. The molecular formula is C22H22N2O6. The highest BCUT2D eigenvalue weighted by atomic mass is 16.7. The Bertz CT molecular complexity index is 1210. The van der Waals surface area contributed by atoms with Crippen LogP contribution in [-0.2, 0) is 24.3 Å². The summed E-state index contributed by atoms with van der Waals surface area (Å²) in [5.41, 5.74) is 4.85. The number of methoxy groups -OCH3 is 1. The molecule has 0 fully saturated rings. The third kappa shape index (κ3) is 3.29. The van der Waals surface area contributed by atoms with Crippen LogP contribution in [0.4, 0.5) is 4.79 Å². The predicted octanol–water partition coefficient (Wildman–Crippen LogP) is 2.86. The number of aromatic nitrogens is 2. The zero-order valence-electron chi connectivity index (χ0n) is 16.8. The number of ether oxygens (including phenoxy) is 2. The fourth-order valence-corrected chi connectivity index (χ4v) is 4.02. The molecule has 0 aliphatic carbocycles. The average molecular weight is 410 g/mol. The van der Waals surface area contributed by atoms with Crippen LogP contribution in [0.5, 0.6) is 5.75 Å². The Morgan fingerprint density at radius 2 is 2.07 bits per heavy atom. The molecular weight excluding hydrogens is 388 g/mol. The van der Waals surface area contributed by atoms with Gasteiger partial charge in [-0.05, 0) is 49.6 Å². The third-order valence-corrected chi connectivity index (χ3v) is 5.49. The summed E-state index contributed by atoms with van der Waals surface area (Å²) in [6.45, 7) is 1.91. The second kappa shape index (κ2) is 7.79. The first-order valence-corrected chi connectivity index (χ1v) is 9.64. The molecule has 3 aromatic rings. The van der Waals surface area contributed by atoms with E-state index in [4.69, 9.17) is 14.8 Å². The van der Waals surface area contributed by atoms with E-state index in [1.54, 1.807) is 18.6 Å². The molecule has 4 rings (SSSR count). The second-order valence-electron chi connectivity index (χ2n) is 7.27. The Hall–Kier alpha value is -3.39. The summed E-state index contributed by atoms with van der Waals surface area (Å²) in [5, 5.41) is 19.0. The quantitative estimate of drug-likeness (QED) is 0.470. The molecule has 1 aliphatic heterocycles. The van der Waals surface area contributed by atoms with Crippen molar-refractivity contribution in [2.75, 3.05) is 13.7 Å². The average Bonchev–Trinajstić information content (AvgIpc) is 3.07. The molecule has 0 saturated carbocycles. The highest BCUT2D eigenvalue weighted by Gasteiger charge is 2.25. The van der Waals surface area contributed by atoms with Gasteiger partial charge in [-0.3, -0.25) is 4.79 Å². The van der Waals surface area contributed by atoms with E-state index in [1.165, 1.54) is 0 Å². The van der Waals surface area contributed by atoms with E-state index in [9.17, 15) is 14.7 Å². The van der Waals surface area contributed by atoms with Crippen LogP contribution in [0.15, 0.2) is 29.1 Å². The minimum absolute atomic E-state index is 0.0826. The van der Waals surface area contributed by atoms with Crippen LogP contribution in [0, 0.1) is 6.92 Å². The number of rotatable bonds is 6. The molecule has 3 heterocycles. The van der Waals surface area contributed by atoms with E-state index in [0.717, 1.165) is 33.5 Å². The van der Waals surface area contributed by atoms with E-state index in [2.05, 4.69) is 4.74 Å². The highest BCUT2D eigenvalue weighted by Crippen LogP contribution is 2.36. The van der Waals surface area contributed by atoms with E-state index >= 15 is 0 Å². The molecule has 0 unspecified atom stereocenters. The van der Waals surface area contributed by atoms with E-state index in [0.29, 0.717) is 36.2 Å². The van der Waals surface area contributed by atoms with Crippen LogP contribution in [0.2, 0.25) is 0 Å². The van der Waals surface area contributed by atoms with Crippen molar-refractivity contribution in [3.8, 4) is 17.1 Å². The number of carbonyl (C=O) groups is 1. The summed E-state index contributed by atoms with van der Waals surface area (Å²) < 4.78 is 11.7. The number of hydrogen-bond acceptors (Lipinski definition) is 6.